The minimum atomic E-state index is 1.00. The number of rotatable bonds is 1. The predicted octanol–water partition coefficient (Wildman–Crippen LogP) is -0.172. The van der Waals surface area contributed by atoms with Crippen molar-refractivity contribution >= 4 is 12.9 Å². The Hall–Kier alpha value is -0.725. The Bertz CT molecular complexity index is 171. The van der Waals surface area contributed by atoms with Gasteiger partial charge in [0, 0.05) is 11.8 Å². The molecule has 0 saturated heterocycles. The highest BCUT2D eigenvalue weighted by Crippen LogP contribution is 1.78. The fourth-order valence-electron chi connectivity index (χ4n) is 0.649. The van der Waals surface area contributed by atoms with Gasteiger partial charge in [-0.15, -0.1) is 0 Å². The van der Waals surface area contributed by atoms with Crippen molar-refractivity contribution in [1.29, 1.82) is 0 Å². The number of aryl methyl sites for hydroxylation is 1. The fraction of sp³-hybridized carbons (Fsp3) is 0.400. The molecule has 0 amide bonds. The van der Waals surface area contributed by atoms with E-state index in [0.29, 0.717) is 0 Å². The summed E-state index contributed by atoms with van der Waals surface area (Å²) in [6.07, 6.45) is 1.94. The number of imidazole rings is 1. The van der Waals surface area contributed by atoms with Crippen LogP contribution in [0.25, 0.3) is 0 Å². The average molecular weight is 108 g/mol. The number of H-pyrrole nitrogens is 1. The van der Waals surface area contributed by atoms with E-state index in [9.17, 15) is 0 Å². The van der Waals surface area contributed by atoms with Crippen LogP contribution in [0, 0.1) is 6.92 Å². The Kier molecular flexibility index (Phi) is 1.37. The van der Waals surface area contributed by atoms with E-state index in [1.54, 1.807) is 0 Å². The number of nitrogens with one attached hydrogen (secondary N) is 1. The molecule has 3 heteroatoms. The van der Waals surface area contributed by atoms with Crippen LogP contribution in [0.1, 0.15) is 5.82 Å². The lowest BCUT2D eigenvalue weighted by Crippen LogP contribution is -2.10. The zero-order chi connectivity index (χ0) is 5.98. The monoisotopic (exact) mass is 108 g/mol. The third-order valence-corrected chi connectivity index (χ3v) is 1.12. The first kappa shape index (κ1) is 5.41. The predicted molar refractivity (Wildman–Crippen MR) is 36.0 cm³/mol. The van der Waals surface area contributed by atoms with Gasteiger partial charge >= 0.3 is 0 Å². The largest absolute Gasteiger partial charge is 0.349 e. The summed E-state index contributed by atoms with van der Waals surface area (Å²) < 4.78 is 0. The summed E-state index contributed by atoms with van der Waals surface area (Å²) in [6.45, 7) is 4.05. The molecule has 8 heavy (non-hydrogen) atoms. The summed E-state index contributed by atoms with van der Waals surface area (Å²) in [4.78, 5) is 7.18. The Labute approximate surface area is 49.6 Å². The van der Waals surface area contributed by atoms with Crippen LogP contribution < -0.4 is 5.59 Å². The third-order valence-electron chi connectivity index (χ3n) is 1.12. The molecule has 0 unspecified atom stereocenters. The zero-order valence-corrected chi connectivity index (χ0v) is 5.23. The summed E-state index contributed by atoms with van der Waals surface area (Å²) in [5, 5.41) is 0. The molecule has 0 atom stereocenters. The molecule has 0 aliphatic heterocycles. The molecule has 1 aromatic rings. The van der Waals surface area contributed by atoms with E-state index in [1.807, 2.05) is 13.1 Å². The number of hydrogen-bond acceptors (Lipinski definition) is 1. The molecule has 0 radical (unpaired) electrons. The van der Waals surface area contributed by atoms with Crippen molar-refractivity contribution in [1.82, 2.24) is 9.97 Å². The SMILES string of the molecule is CBc1c[nH]c(C)n1. The van der Waals surface area contributed by atoms with Crippen molar-refractivity contribution in [3.05, 3.63) is 12.0 Å². The van der Waals surface area contributed by atoms with Crippen molar-refractivity contribution in [3.63, 3.8) is 0 Å². The smallest absolute Gasteiger partial charge is 0.181 e. The van der Waals surface area contributed by atoms with E-state index in [2.05, 4.69) is 16.8 Å². The minimum Gasteiger partial charge on any atom is -0.349 e. The molecule has 0 aliphatic rings. The molecule has 0 spiro atoms. The van der Waals surface area contributed by atoms with Crippen LogP contribution in [0.3, 0.4) is 0 Å². The van der Waals surface area contributed by atoms with E-state index >= 15 is 0 Å². The summed E-state index contributed by atoms with van der Waals surface area (Å²) in [7, 11) is 1.02. The first-order chi connectivity index (χ1) is 3.83. The van der Waals surface area contributed by atoms with Gasteiger partial charge in [-0.05, 0) is 6.92 Å². The Morgan fingerprint density at radius 1 is 1.75 bits per heavy atom. The van der Waals surface area contributed by atoms with Gasteiger partial charge in [0.2, 0.25) is 0 Å². The van der Waals surface area contributed by atoms with Crippen LogP contribution >= 0.6 is 0 Å². The summed E-state index contributed by atoms with van der Waals surface area (Å²) in [6, 6.07) is 0. The van der Waals surface area contributed by atoms with E-state index in [0.717, 1.165) is 18.7 Å². The van der Waals surface area contributed by atoms with Crippen molar-refractivity contribution in [2.75, 3.05) is 0 Å². The molecular formula is C5H9BN2. The Morgan fingerprint density at radius 3 is 2.75 bits per heavy atom. The van der Waals surface area contributed by atoms with Gasteiger partial charge < -0.3 is 4.98 Å². The van der Waals surface area contributed by atoms with Crippen LogP contribution in [0.5, 0.6) is 0 Å². The van der Waals surface area contributed by atoms with Crippen molar-refractivity contribution < 1.29 is 0 Å². The Morgan fingerprint density at radius 2 is 2.50 bits per heavy atom. The summed E-state index contributed by atoms with van der Waals surface area (Å²) in [5.41, 5.74) is 1.14. The van der Waals surface area contributed by atoms with Gasteiger partial charge in [0.25, 0.3) is 0 Å². The van der Waals surface area contributed by atoms with E-state index < -0.39 is 0 Å². The average Bonchev–Trinajstić information content (AvgIpc) is 2.14. The highest BCUT2D eigenvalue weighted by Gasteiger charge is 1.91. The summed E-state index contributed by atoms with van der Waals surface area (Å²) >= 11 is 0. The van der Waals surface area contributed by atoms with Crippen molar-refractivity contribution in [3.8, 4) is 0 Å². The van der Waals surface area contributed by atoms with Gasteiger partial charge in [-0.1, -0.05) is 6.82 Å². The topological polar surface area (TPSA) is 28.7 Å². The molecule has 1 rings (SSSR count). The second-order valence-corrected chi connectivity index (χ2v) is 1.83. The molecule has 1 N–H and O–H groups in total. The van der Waals surface area contributed by atoms with E-state index in [1.165, 1.54) is 0 Å². The van der Waals surface area contributed by atoms with E-state index in [-0.39, 0.29) is 0 Å². The molecule has 1 aromatic heterocycles. The third kappa shape index (κ3) is 0.913. The second kappa shape index (κ2) is 2.03. The normalized spacial score (nSPS) is 9.25. The van der Waals surface area contributed by atoms with Gasteiger partial charge in [0.05, 0.1) is 0 Å². The molecule has 42 valence electrons. The molecular weight excluding hydrogens is 98.9 g/mol. The van der Waals surface area contributed by atoms with Gasteiger partial charge in [-0.25, -0.2) is 4.98 Å². The van der Waals surface area contributed by atoms with Crippen LogP contribution in [0.15, 0.2) is 6.20 Å². The summed E-state index contributed by atoms with van der Waals surface area (Å²) in [5.74, 6) is 1.00. The highest BCUT2D eigenvalue weighted by molar-refractivity contribution is 6.50. The lowest BCUT2D eigenvalue weighted by atomic mass is 9.79. The second-order valence-electron chi connectivity index (χ2n) is 1.83. The highest BCUT2D eigenvalue weighted by atomic mass is 14.9. The minimum absolute atomic E-state index is 1.00. The fourth-order valence-corrected chi connectivity index (χ4v) is 0.649. The quantitative estimate of drug-likeness (QED) is 0.497. The van der Waals surface area contributed by atoms with Crippen LogP contribution in [-0.2, 0) is 0 Å². The van der Waals surface area contributed by atoms with Crippen molar-refractivity contribution in [2.24, 2.45) is 0 Å². The number of aromatic nitrogens is 2. The molecule has 2 nitrogen and oxygen atoms in total. The maximum atomic E-state index is 4.17. The van der Waals surface area contributed by atoms with Gasteiger partial charge in [-0.2, -0.15) is 0 Å². The number of hydrogen-bond donors (Lipinski definition) is 1. The van der Waals surface area contributed by atoms with Crippen molar-refractivity contribution in [2.45, 2.75) is 13.7 Å². The molecule has 1 heterocycles. The van der Waals surface area contributed by atoms with Gasteiger partial charge in [0.1, 0.15) is 5.82 Å². The lowest BCUT2D eigenvalue weighted by molar-refractivity contribution is 1.16. The van der Waals surface area contributed by atoms with Gasteiger partial charge in [0.15, 0.2) is 7.28 Å². The first-order valence-corrected chi connectivity index (χ1v) is 2.84. The molecule has 0 bridgehead atoms. The number of nitrogens with zero attached hydrogens (tertiary/aromatic N) is 1. The van der Waals surface area contributed by atoms with Crippen LogP contribution in [0.4, 0.5) is 0 Å². The lowest BCUT2D eigenvalue weighted by Gasteiger charge is -1.77. The molecule has 0 saturated carbocycles. The molecule has 0 fully saturated rings. The van der Waals surface area contributed by atoms with E-state index in [4.69, 9.17) is 0 Å². The standard InChI is InChI=1S/C5H9BN2/c1-4-7-3-5(6-2)8-4/h3,6H,1-2H3,(H,7,8). The Balaban J connectivity index is 2.84. The number of aromatic amines is 1. The maximum absolute atomic E-state index is 4.17. The van der Waals surface area contributed by atoms with Crippen LogP contribution in [0.2, 0.25) is 6.82 Å². The maximum Gasteiger partial charge on any atom is 0.181 e. The van der Waals surface area contributed by atoms with Gasteiger partial charge in [-0.3, -0.25) is 0 Å². The van der Waals surface area contributed by atoms with Crippen LogP contribution in [-0.4, -0.2) is 17.2 Å². The first-order valence-electron chi connectivity index (χ1n) is 2.84. The molecule has 0 aromatic carbocycles. The zero-order valence-electron chi connectivity index (χ0n) is 5.23. The molecule has 0 aliphatic carbocycles.